The highest BCUT2D eigenvalue weighted by molar-refractivity contribution is 5.94. The van der Waals surface area contributed by atoms with Crippen molar-refractivity contribution >= 4 is 5.91 Å². The van der Waals surface area contributed by atoms with Gasteiger partial charge in [-0.25, -0.2) is 0 Å². The summed E-state index contributed by atoms with van der Waals surface area (Å²) in [7, 11) is 0. The molecule has 2 bridgehead atoms. The SMILES string of the molecule is CC1[C@H]2Cc3ccc(C(=O)NCCc4ccccc4Oc4ccccc4)cc3[C@]1(C)CCN2CC1CC1. The molecule has 2 aliphatic carbocycles. The first kappa shape index (κ1) is 24.2. The summed E-state index contributed by atoms with van der Waals surface area (Å²) >= 11 is 0. The van der Waals surface area contributed by atoms with Crippen molar-refractivity contribution in [2.45, 2.75) is 57.4 Å². The zero-order valence-electron chi connectivity index (χ0n) is 22.1. The normalized spacial score (nSPS) is 24.8. The molecule has 3 aliphatic rings. The Hall–Kier alpha value is -3.11. The number of carbonyl (C=O) groups excluding carboxylic acids is 1. The van der Waals surface area contributed by atoms with Crippen molar-refractivity contribution in [3.05, 3.63) is 95.1 Å². The molecule has 0 aromatic heterocycles. The number of nitrogens with zero attached hydrogens (tertiary/aromatic N) is 1. The number of para-hydroxylation sites is 2. The van der Waals surface area contributed by atoms with Gasteiger partial charge in [0.25, 0.3) is 5.91 Å². The third-order valence-electron chi connectivity index (χ3n) is 9.20. The van der Waals surface area contributed by atoms with E-state index in [9.17, 15) is 4.79 Å². The lowest BCUT2D eigenvalue weighted by Crippen LogP contribution is -2.58. The van der Waals surface area contributed by atoms with Gasteiger partial charge in [-0.1, -0.05) is 56.3 Å². The van der Waals surface area contributed by atoms with Crippen LogP contribution in [0.4, 0.5) is 0 Å². The molecule has 0 spiro atoms. The molecule has 3 atom stereocenters. The Kier molecular flexibility index (Phi) is 6.54. The maximum atomic E-state index is 13.2. The monoisotopic (exact) mass is 494 g/mol. The number of likely N-dealkylation sites (tertiary alicyclic amines) is 1. The van der Waals surface area contributed by atoms with Gasteiger partial charge in [-0.05, 0) is 103 Å². The van der Waals surface area contributed by atoms with E-state index in [2.05, 4.69) is 42.3 Å². The van der Waals surface area contributed by atoms with Gasteiger partial charge < -0.3 is 10.1 Å². The van der Waals surface area contributed by atoms with Crippen molar-refractivity contribution in [3.8, 4) is 11.5 Å². The van der Waals surface area contributed by atoms with Gasteiger partial charge >= 0.3 is 0 Å². The highest BCUT2D eigenvalue weighted by atomic mass is 16.5. The van der Waals surface area contributed by atoms with Crippen LogP contribution in [0.3, 0.4) is 0 Å². The van der Waals surface area contributed by atoms with Gasteiger partial charge in [0.05, 0.1) is 0 Å². The minimum absolute atomic E-state index is 0.00815. The lowest BCUT2D eigenvalue weighted by molar-refractivity contribution is 0.0284. The highest BCUT2D eigenvalue weighted by Crippen LogP contribution is 2.49. The first-order valence-corrected chi connectivity index (χ1v) is 14.0. The first-order valence-electron chi connectivity index (χ1n) is 14.0. The van der Waals surface area contributed by atoms with Crippen molar-refractivity contribution in [2.24, 2.45) is 11.8 Å². The van der Waals surface area contributed by atoms with Crippen molar-refractivity contribution < 1.29 is 9.53 Å². The van der Waals surface area contributed by atoms with E-state index >= 15 is 0 Å². The summed E-state index contributed by atoms with van der Waals surface area (Å²) in [6.07, 6.45) is 5.82. The summed E-state index contributed by atoms with van der Waals surface area (Å²) in [5.41, 5.74) is 4.84. The molecule has 4 nitrogen and oxygen atoms in total. The van der Waals surface area contributed by atoms with Crippen LogP contribution in [0.25, 0.3) is 0 Å². The van der Waals surface area contributed by atoms with Gasteiger partial charge in [0, 0.05) is 24.7 Å². The number of carbonyl (C=O) groups is 1. The van der Waals surface area contributed by atoms with Crippen LogP contribution in [-0.4, -0.2) is 36.5 Å². The number of piperidine rings is 1. The average Bonchev–Trinajstić information content (AvgIpc) is 3.73. The molecule has 6 rings (SSSR count). The fourth-order valence-corrected chi connectivity index (χ4v) is 6.55. The Balaban J connectivity index is 1.12. The number of amides is 1. The number of benzene rings is 3. The van der Waals surface area contributed by atoms with E-state index in [1.54, 1.807) is 0 Å². The van der Waals surface area contributed by atoms with Crippen LogP contribution < -0.4 is 10.1 Å². The second-order valence-electron chi connectivity index (χ2n) is 11.6. The lowest BCUT2D eigenvalue weighted by atomic mass is 9.59. The van der Waals surface area contributed by atoms with Crippen molar-refractivity contribution in [3.63, 3.8) is 0 Å². The van der Waals surface area contributed by atoms with Crippen LogP contribution in [0.15, 0.2) is 72.8 Å². The Morgan fingerprint density at radius 3 is 2.65 bits per heavy atom. The number of rotatable bonds is 8. The highest BCUT2D eigenvalue weighted by Gasteiger charge is 2.49. The third kappa shape index (κ3) is 4.92. The van der Waals surface area contributed by atoms with Gasteiger partial charge in [0.1, 0.15) is 11.5 Å². The zero-order chi connectivity index (χ0) is 25.4. The molecule has 3 aromatic rings. The largest absolute Gasteiger partial charge is 0.457 e. The molecule has 1 heterocycles. The second kappa shape index (κ2) is 9.98. The molecule has 192 valence electrons. The fourth-order valence-electron chi connectivity index (χ4n) is 6.55. The van der Waals surface area contributed by atoms with E-state index in [-0.39, 0.29) is 11.3 Å². The van der Waals surface area contributed by atoms with E-state index in [0.717, 1.165) is 35.0 Å². The van der Waals surface area contributed by atoms with E-state index in [4.69, 9.17) is 4.74 Å². The van der Waals surface area contributed by atoms with Crippen LogP contribution >= 0.6 is 0 Å². The average molecular weight is 495 g/mol. The molecule has 37 heavy (non-hydrogen) atoms. The topological polar surface area (TPSA) is 41.6 Å². The van der Waals surface area contributed by atoms with E-state index in [1.165, 1.54) is 43.5 Å². The summed E-state index contributed by atoms with van der Waals surface area (Å²) in [6, 6.07) is 25.0. The van der Waals surface area contributed by atoms with Crippen LogP contribution in [0, 0.1) is 11.8 Å². The van der Waals surface area contributed by atoms with Gasteiger partial charge in [-0.3, -0.25) is 9.69 Å². The summed E-state index contributed by atoms with van der Waals surface area (Å²) in [4.78, 5) is 16.0. The Morgan fingerprint density at radius 2 is 1.84 bits per heavy atom. The van der Waals surface area contributed by atoms with Crippen molar-refractivity contribution in [1.82, 2.24) is 10.2 Å². The molecule has 0 radical (unpaired) electrons. The van der Waals surface area contributed by atoms with Crippen molar-refractivity contribution in [2.75, 3.05) is 19.6 Å². The summed E-state index contributed by atoms with van der Waals surface area (Å²) in [5, 5.41) is 3.16. The molecule has 4 heteroatoms. The minimum atomic E-state index is 0.00815. The summed E-state index contributed by atoms with van der Waals surface area (Å²) in [5.74, 6) is 3.19. The standard InChI is InChI=1S/C33H38N2O2/c1-23-30-21-26-14-15-27(20-29(26)33(23,2)17-19-35(30)22-24-12-13-24)32(36)34-18-16-25-8-6-7-11-31(25)37-28-9-4-3-5-10-28/h3-11,14-15,20,23-24,30H,12-13,16-19,21-22H2,1-2H3,(H,34,36)/t23?,30-,33-/m1/s1. The number of fused-ring (bicyclic) bond motifs is 4. The molecule has 2 fully saturated rings. The number of ether oxygens (including phenoxy) is 1. The Bertz CT molecular complexity index is 1270. The number of hydrogen-bond donors (Lipinski definition) is 1. The number of hydrogen-bond acceptors (Lipinski definition) is 3. The Morgan fingerprint density at radius 1 is 1.05 bits per heavy atom. The molecule has 3 aromatic carbocycles. The molecule has 1 saturated carbocycles. The molecule has 1 saturated heterocycles. The predicted molar refractivity (Wildman–Crippen MR) is 148 cm³/mol. The van der Waals surface area contributed by atoms with E-state index in [1.807, 2.05) is 54.6 Å². The van der Waals surface area contributed by atoms with Gasteiger partial charge in [0.2, 0.25) is 0 Å². The van der Waals surface area contributed by atoms with Crippen LogP contribution in [0.1, 0.15) is 60.2 Å². The summed E-state index contributed by atoms with van der Waals surface area (Å²) < 4.78 is 6.09. The molecular formula is C33H38N2O2. The van der Waals surface area contributed by atoms with E-state index in [0.29, 0.717) is 24.9 Å². The molecular weight excluding hydrogens is 456 g/mol. The van der Waals surface area contributed by atoms with Crippen molar-refractivity contribution in [1.29, 1.82) is 0 Å². The zero-order valence-corrected chi connectivity index (χ0v) is 22.1. The first-order chi connectivity index (χ1) is 18.0. The van der Waals surface area contributed by atoms with Gasteiger partial charge in [-0.2, -0.15) is 0 Å². The molecule has 1 amide bonds. The van der Waals surface area contributed by atoms with Crippen LogP contribution in [0.5, 0.6) is 11.5 Å². The van der Waals surface area contributed by atoms with Gasteiger partial charge in [0.15, 0.2) is 0 Å². The maximum absolute atomic E-state index is 13.2. The minimum Gasteiger partial charge on any atom is -0.457 e. The smallest absolute Gasteiger partial charge is 0.251 e. The lowest BCUT2D eigenvalue weighted by Gasteiger charge is -2.55. The predicted octanol–water partition coefficient (Wildman–Crippen LogP) is 6.39. The van der Waals surface area contributed by atoms with E-state index < -0.39 is 0 Å². The molecule has 1 unspecified atom stereocenters. The quantitative estimate of drug-likeness (QED) is 0.395. The third-order valence-corrected chi connectivity index (χ3v) is 9.20. The number of nitrogens with one attached hydrogen (secondary N) is 1. The maximum Gasteiger partial charge on any atom is 0.251 e. The van der Waals surface area contributed by atoms with Crippen LogP contribution in [-0.2, 0) is 18.3 Å². The fraction of sp³-hybridized carbons (Fsp3) is 0.424. The Labute approximate surface area is 221 Å². The second-order valence-corrected chi connectivity index (χ2v) is 11.6. The molecule has 1 aliphatic heterocycles. The molecule has 1 N–H and O–H groups in total. The van der Waals surface area contributed by atoms with Crippen LogP contribution in [0.2, 0.25) is 0 Å². The summed E-state index contributed by atoms with van der Waals surface area (Å²) in [6.45, 7) is 7.90. The van der Waals surface area contributed by atoms with Gasteiger partial charge in [-0.15, -0.1) is 0 Å².